The second-order valence-corrected chi connectivity index (χ2v) is 7.04. The number of nitrogens with zero attached hydrogens (tertiary/aromatic N) is 2. The Labute approximate surface area is 107 Å². The first-order chi connectivity index (χ1) is 8.19. The lowest BCUT2D eigenvalue weighted by atomic mass is 10.1. The topological polar surface area (TPSA) is 67.3 Å². The summed E-state index contributed by atoms with van der Waals surface area (Å²) in [5, 5.41) is 0. The molecule has 5 nitrogen and oxygen atoms in total. The van der Waals surface area contributed by atoms with Crippen molar-refractivity contribution in [3.05, 3.63) is 23.5 Å². The van der Waals surface area contributed by atoms with Gasteiger partial charge >= 0.3 is 0 Å². The van der Waals surface area contributed by atoms with Crippen LogP contribution < -0.4 is 0 Å². The molecule has 98 valence electrons. The molecule has 1 amide bonds. The van der Waals surface area contributed by atoms with E-state index in [0.29, 0.717) is 6.42 Å². The van der Waals surface area contributed by atoms with E-state index in [1.807, 2.05) is 6.92 Å². The van der Waals surface area contributed by atoms with Gasteiger partial charge in [0.15, 0.2) is 0 Å². The Balaban J connectivity index is 2.70. The smallest absolute Gasteiger partial charge is 0.266 e. The minimum absolute atomic E-state index is 0.0294. The van der Waals surface area contributed by atoms with Crippen LogP contribution in [0.3, 0.4) is 0 Å². The van der Waals surface area contributed by atoms with Crippen LogP contribution in [0.4, 0.5) is 0 Å². The quantitative estimate of drug-likeness (QED) is 0.775. The number of aromatic nitrogens is 1. The summed E-state index contributed by atoms with van der Waals surface area (Å²) in [5.41, 5.74) is 0.0474. The third-order valence-corrected chi connectivity index (χ3v) is 4.89. The standard InChI is InChI=1S/C12H16N2O3S/c1-5-8-6-9-10(13-7-8)11(15)14(12(2,3)4)18(9,16)17/h6-7H,5H2,1-4H3. The van der Waals surface area contributed by atoms with Crippen molar-refractivity contribution in [2.75, 3.05) is 0 Å². The summed E-state index contributed by atoms with van der Waals surface area (Å²) in [6.45, 7) is 6.98. The molecule has 0 radical (unpaired) electrons. The normalized spacial score (nSPS) is 18.0. The second kappa shape index (κ2) is 3.78. The third kappa shape index (κ3) is 1.71. The zero-order valence-corrected chi connectivity index (χ0v) is 11.7. The van der Waals surface area contributed by atoms with Gasteiger partial charge in [-0.05, 0) is 38.8 Å². The highest BCUT2D eigenvalue weighted by molar-refractivity contribution is 7.90. The van der Waals surface area contributed by atoms with Crippen LogP contribution in [-0.4, -0.2) is 29.2 Å². The fourth-order valence-corrected chi connectivity index (χ4v) is 3.91. The number of carbonyl (C=O) groups is 1. The lowest BCUT2D eigenvalue weighted by Gasteiger charge is -2.29. The predicted molar refractivity (Wildman–Crippen MR) is 66.7 cm³/mol. The lowest BCUT2D eigenvalue weighted by molar-refractivity contribution is 0.0782. The largest absolute Gasteiger partial charge is 0.288 e. The number of sulfonamides is 1. The predicted octanol–water partition coefficient (Wildman–Crippen LogP) is 1.59. The van der Waals surface area contributed by atoms with Crippen LogP contribution in [0, 0.1) is 0 Å². The summed E-state index contributed by atoms with van der Waals surface area (Å²) < 4.78 is 25.7. The van der Waals surface area contributed by atoms with Crippen molar-refractivity contribution in [2.45, 2.75) is 44.6 Å². The number of pyridine rings is 1. The minimum Gasteiger partial charge on any atom is -0.266 e. The van der Waals surface area contributed by atoms with Gasteiger partial charge in [0.2, 0.25) is 0 Å². The summed E-state index contributed by atoms with van der Waals surface area (Å²) >= 11 is 0. The molecule has 0 unspecified atom stereocenters. The Morgan fingerprint density at radius 2 is 1.94 bits per heavy atom. The minimum atomic E-state index is -3.76. The monoisotopic (exact) mass is 268 g/mol. The molecule has 18 heavy (non-hydrogen) atoms. The Bertz CT molecular complexity index is 615. The molecule has 0 fully saturated rings. The van der Waals surface area contributed by atoms with E-state index in [1.165, 1.54) is 0 Å². The molecule has 6 heteroatoms. The molecular formula is C12H16N2O3S. The van der Waals surface area contributed by atoms with Crippen LogP contribution in [0.5, 0.6) is 0 Å². The van der Waals surface area contributed by atoms with Gasteiger partial charge in [0, 0.05) is 6.20 Å². The van der Waals surface area contributed by atoms with Crippen molar-refractivity contribution in [3.63, 3.8) is 0 Å². The Morgan fingerprint density at radius 1 is 1.33 bits per heavy atom. The number of carbonyl (C=O) groups excluding carboxylic acids is 1. The SMILES string of the molecule is CCc1cnc2c(c1)S(=O)(=O)N(C(C)(C)C)C2=O. The maximum atomic E-state index is 12.4. The number of rotatable bonds is 1. The molecule has 0 saturated heterocycles. The summed E-state index contributed by atoms with van der Waals surface area (Å²) in [6, 6.07) is 1.54. The maximum Gasteiger partial charge on any atom is 0.288 e. The van der Waals surface area contributed by atoms with Crippen molar-refractivity contribution < 1.29 is 13.2 Å². The molecule has 1 aromatic heterocycles. The van der Waals surface area contributed by atoms with Gasteiger partial charge in [-0.15, -0.1) is 0 Å². The van der Waals surface area contributed by atoms with Gasteiger partial charge in [-0.1, -0.05) is 6.92 Å². The molecule has 0 atom stereocenters. The van der Waals surface area contributed by atoms with Crippen molar-refractivity contribution >= 4 is 15.9 Å². The van der Waals surface area contributed by atoms with Gasteiger partial charge in [0.05, 0.1) is 5.54 Å². The molecule has 1 aliphatic heterocycles. The average Bonchev–Trinajstić information content (AvgIpc) is 2.45. The summed E-state index contributed by atoms with van der Waals surface area (Å²) in [5.74, 6) is -0.542. The van der Waals surface area contributed by atoms with Crippen LogP contribution in [0.1, 0.15) is 43.7 Å². The fourth-order valence-electron chi connectivity index (χ4n) is 2.00. The number of amides is 1. The van der Waals surface area contributed by atoms with Gasteiger partial charge in [0.1, 0.15) is 10.6 Å². The van der Waals surface area contributed by atoms with Gasteiger partial charge in [-0.2, -0.15) is 0 Å². The molecule has 0 bridgehead atoms. The molecule has 1 aliphatic rings. The highest BCUT2D eigenvalue weighted by Crippen LogP contribution is 2.34. The van der Waals surface area contributed by atoms with Crippen LogP contribution in [0.2, 0.25) is 0 Å². The van der Waals surface area contributed by atoms with Crippen molar-refractivity contribution in [2.24, 2.45) is 0 Å². The van der Waals surface area contributed by atoms with Crippen LogP contribution in [0.25, 0.3) is 0 Å². The average molecular weight is 268 g/mol. The van der Waals surface area contributed by atoms with Crippen LogP contribution in [0.15, 0.2) is 17.2 Å². The first-order valence-corrected chi connectivity index (χ1v) is 7.22. The zero-order chi connectivity index (χ0) is 13.7. The first-order valence-electron chi connectivity index (χ1n) is 5.78. The van der Waals surface area contributed by atoms with Crippen LogP contribution >= 0.6 is 0 Å². The van der Waals surface area contributed by atoms with E-state index in [4.69, 9.17) is 0 Å². The van der Waals surface area contributed by atoms with Gasteiger partial charge in [-0.25, -0.2) is 17.7 Å². The van der Waals surface area contributed by atoms with Crippen LogP contribution in [-0.2, 0) is 16.4 Å². The fraction of sp³-hybridized carbons (Fsp3) is 0.500. The van der Waals surface area contributed by atoms with Gasteiger partial charge < -0.3 is 0 Å². The number of hydrogen-bond acceptors (Lipinski definition) is 4. The molecule has 0 saturated carbocycles. The number of hydrogen-bond donors (Lipinski definition) is 0. The zero-order valence-electron chi connectivity index (χ0n) is 10.9. The summed E-state index contributed by atoms with van der Waals surface area (Å²) in [7, 11) is -3.76. The van der Waals surface area contributed by atoms with E-state index in [0.717, 1.165) is 9.87 Å². The van der Waals surface area contributed by atoms with E-state index >= 15 is 0 Å². The summed E-state index contributed by atoms with van der Waals surface area (Å²) in [6.07, 6.45) is 2.23. The number of fused-ring (bicyclic) bond motifs is 1. The molecule has 0 N–H and O–H groups in total. The Kier molecular flexibility index (Phi) is 2.73. The highest BCUT2D eigenvalue weighted by Gasteiger charge is 2.47. The molecule has 2 rings (SSSR count). The van der Waals surface area contributed by atoms with Crippen molar-refractivity contribution in [3.8, 4) is 0 Å². The van der Waals surface area contributed by atoms with Crippen molar-refractivity contribution in [1.29, 1.82) is 0 Å². The van der Waals surface area contributed by atoms with Gasteiger partial charge in [0.25, 0.3) is 15.9 Å². The molecule has 1 aromatic rings. The Hall–Kier alpha value is -1.43. The molecule has 2 heterocycles. The lowest BCUT2D eigenvalue weighted by Crippen LogP contribution is -2.45. The number of aryl methyl sites for hydroxylation is 1. The maximum absolute atomic E-state index is 12.4. The van der Waals surface area contributed by atoms with E-state index in [9.17, 15) is 13.2 Å². The van der Waals surface area contributed by atoms with Crippen molar-refractivity contribution in [1.82, 2.24) is 9.29 Å². The van der Waals surface area contributed by atoms with E-state index in [2.05, 4.69) is 4.98 Å². The second-order valence-electron chi connectivity index (χ2n) is 5.29. The van der Waals surface area contributed by atoms with E-state index in [1.54, 1.807) is 33.0 Å². The van der Waals surface area contributed by atoms with E-state index < -0.39 is 21.5 Å². The third-order valence-electron chi connectivity index (χ3n) is 2.83. The molecule has 0 spiro atoms. The van der Waals surface area contributed by atoms with E-state index in [-0.39, 0.29) is 10.6 Å². The molecule has 0 aliphatic carbocycles. The molecule has 0 aromatic carbocycles. The first kappa shape index (κ1) is 13.0. The summed E-state index contributed by atoms with van der Waals surface area (Å²) in [4.78, 5) is 16.2. The molecular weight excluding hydrogens is 252 g/mol. The highest BCUT2D eigenvalue weighted by atomic mass is 32.2. The Morgan fingerprint density at radius 3 is 2.44 bits per heavy atom. The van der Waals surface area contributed by atoms with Gasteiger partial charge in [-0.3, -0.25) is 4.79 Å².